The maximum Gasteiger partial charge on any atom is 0.249 e. The van der Waals surface area contributed by atoms with E-state index in [1.165, 1.54) is 5.56 Å². The number of hydrogen-bond donors (Lipinski definition) is 1. The molecule has 3 fully saturated rings. The summed E-state index contributed by atoms with van der Waals surface area (Å²) in [5, 5.41) is 2.46. The van der Waals surface area contributed by atoms with E-state index in [4.69, 9.17) is 14.2 Å². The monoisotopic (exact) mass is 386 g/mol. The van der Waals surface area contributed by atoms with E-state index in [1.807, 2.05) is 0 Å². The third-order valence-electron chi connectivity index (χ3n) is 6.50. The van der Waals surface area contributed by atoms with E-state index >= 15 is 0 Å². The van der Waals surface area contributed by atoms with Gasteiger partial charge in [0.1, 0.15) is 18.4 Å². The highest BCUT2D eigenvalue weighted by Gasteiger charge is 2.41. The lowest BCUT2D eigenvalue weighted by Crippen LogP contribution is -2.54. The Kier molecular flexibility index (Phi) is 4.51. The molecule has 7 heteroatoms. The predicted molar refractivity (Wildman–Crippen MR) is 101 cm³/mol. The first-order valence-electron chi connectivity index (χ1n) is 10.3. The fourth-order valence-corrected chi connectivity index (χ4v) is 4.99. The molecule has 1 atom stereocenters. The number of amides is 2. The van der Waals surface area contributed by atoms with Crippen molar-refractivity contribution in [2.45, 2.75) is 56.3 Å². The largest absolute Gasteiger partial charge is 0.490 e. The van der Waals surface area contributed by atoms with Crippen LogP contribution in [0.2, 0.25) is 0 Å². The second-order valence-corrected chi connectivity index (χ2v) is 8.12. The van der Waals surface area contributed by atoms with Gasteiger partial charge < -0.3 is 19.1 Å². The van der Waals surface area contributed by atoms with Crippen LogP contribution in [-0.4, -0.2) is 50.0 Å². The van der Waals surface area contributed by atoms with Gasteiger partial charge in [-0.1, -0.05) is 6.07 Å². The number of nitrogens with one attached hydrogen (secondary N) is 1. The van der Waals surface area contributed by atoms with Crippen LogP contribution in [0.1, 0.15) is 50.0 Å². The summed E-state index contributed by atoms with van der Waals surface area (Å²) in [6.45, 7) is 2.60. The van der Waals surface area contributed by atoms with Crippen LogP contribution in [0.4, 0.5) is 5.69 Å². The number of anilines is 1. The van der Waals surface area contributed by atoms with Crippen LogP contribution >= 0.6 is 0 Å². The number of nitrogens with zero attached hydrogens (tertiary/aromatic N) is 1. The molecule has 3 aliphatic heterocycles. The molecule has 7 nitrogen and oxygen atoms in total. The van der Waals surface area contributed by atoms with Crippen LogP contribution in [0.3, 0.4) is 0 Å². The van der Waals surface area contributed by atoms with Crippen molar-refractivity contribution in [2.24, 2.45) is 0 Å². The number of ether oxygens (including phenoxy) is 3. The van der Waals surface area contributed by atoms with Crippen LogP contribution in [0, 0.1) is 0 Å². The Balaban J connectivity index is 1.33. The van der Waals surface area contributed by atoms with Crippen LogP contribution in [0.5, 0.6) is 5.75 Å². The summed E-state index contributed by atoms with van der Waals surface area (Å²) in [7, 11) is 0. The highest BCUT2D eigenvalue weighted by Crippen LogP contribution is 2.44. The normalized spacial score (nSPS) is 27.4. The molecule has 2 amide bonds. The lowest BCUT2D eigenvalue weighted by molar-refractivity contribution is -0.178. The van der Waals surface area contributed by atoms with Gasteiger partial charge in [0.15, 0.2) is 5.79 Å². The zero-order valence-corrected chi connectivity index (χ0v) is 15.9. The van der Waals surface area contributed by atoms with Gasteiger partial charge >= 0.3 is 0 Å². The van der Waals surface area contributed by atoms with Gasteiger partial charge in [0.05, 0.1) is 25.4 Å². The number of hydrogen-bond acceptors (Lipinski definition) is 6. The summed E-state index contributed by atoms with van der Waals surface area (Å²) in [4.78, 5) is 25.9. The minimum atomic E-state index is -0.343. The van der Waals surface area contributed by atoms with Crippen LogP contribution in [0.25, 0.3) is 0 Å². The first-order chi connectivity index (χ1) is 13.6. The number of imide groups is 1. The van der Waals surface area contributed by atoms with Crippen molar-refractivity contribution >= 4 is 17.5 Å². The van der Waals surface area contributed by atoms with Gasteiger partial charge in [-0.2, -0.15) is 0 Å². The van der Waals surface area contributed by atoms with Crippen molar-refractivity contribution in [2.75, 3.05) is 31.3 Å². The van der Waals surface area contributed by atoms with Gasteiger partial charge in [-0.25, -0.2) is 0 Å². The van der Waals surface area contributed by atoms with Crippen molar-refractivity contribution in [3.8, 4) is 5.75 Å². The maximum atomic E-state index is 12.3. The molecule has 0 aromatic heterocycles. The zero-order valence-electron chi connectivity index (χ0n) is 15.9. The minimum absolute atomic E-state index is 0.185. The second kappa shape index (κ2) is 7.04. The first kappa shape index (κ1) is 17.9. The Morgan fingerprint density at radius 2 is 1.82 bits per heavy atom. The lowest BCUT2D eigenvalue weighted by Gasteiger charge is -2.39. The topological polar surface area (TPSA) is 77.1 Å². The molecule has 1 aliphatic carbocycles. The van der Waals surface area contributed by atoms with E-state index < -0.39 is 0 Å². The van der Waals surface area contributed by atoms with E-state index in [2.05, 4.69) is 28.4 Å². The SMILES string of the molecule is O=C1CCC(N2CCOc3cc(C4CCC5(CC4)OCCO5)ccc32)C(=O)N1. The molecule has 1 unspecified atom stereocenters. The van der Waals surface area contributed by atoms with Gasteiger partial charge in [0.25, 0.3) is 0 Å². The van der Waals surface area contributed by atoms with E-state index in [0.29, 0.717) is 45.1 Å². The van der Waals surface area contributed by atoms with Crippen molar-refractivity contribution < 1.29 is 23.8 Å². The van der Waals surface area contributed by atoms with Crippen molar-refractivity contribution in [3.63, 3.8) is 0 Å². The Morgan fingerprint density at radius 1 is 1.04 bits per heavy atom. The van der Waals surface area contributed by atoms with Crippen molar-refractivity contribution in [3.05, 3.63) is 23.8 Å². The third kappa shape index (κ3) is 3.16. The van der Waals surface area contributed by atoms with E-state index in [9.17, 15) is 9.59 Å². The summed E-state index contributed by atoms with van der Waals surface area (Å²) in [5.41, 5.74) is 2.22. The number of fused-ring (bicyclic) bond motifs is 1. The van der Waals surface area contributed by atoms with E-state index in [1.54, 1.807) is 0 Å². The Morgan fingerprint density at radius 3 is 2.57 bits per heavy atom. The van der Waals surface area contributed by atoms with Gasteiger partial charge in [-0.15, -0.1) is 0 Å². The van der Waals surface area contributed by atoms with E-state index in [0.717, 1.165) is 37.1 Å². The first-order valence-corrected chi connectivity index (χ1v) is 10.3. The highest BCUT2D eigenvalue weighted by molar-refractivity contribution is 6.01. The van der Waals surface area contributed by atoms with Gasteiger partial charge in [-0.05, 0) is 42.9 Å². The number of carbonyl (C=O) groups excluding carboxylic acids is 2. The molecule has 1 aromatic rings. The molecule has 150 valence electrons. The summed E-state index contributed by atoms with van der Waals surface area (Å²) in [6, 6.07) is 6.05. The fraction of sp³-hybridized carbons (Fsp3) is 0.619. The quantitative estimate of drug-likeness (QED) is 0.785. The number of rotatable bonds is 2. The maximum absolute atomic E-state index is 12.3. The molecule has 2 saturated heterocycles. The molecule has 3 heterocycles. The summed E-state index contributed by atoms with van der Waals surface area (Å²) < 4.78 is 17.6. The van der Waals surface area contributed by atoms with Crippen molar-refractivity contribution in [1.29, 1.82) is 0 Å². The lowest BCUT2D eigenvalue weighted by atomic mass is 9.81. The molecule has 1 N–H and O–H groups in total. The van der Waals surface area contributed by atoms with Crippen LogP contribution < -0.4 is 15.0 Å². The molecule has 28 heavy (non-hydrogen) atoms. The minimum Gasteiger partial charge on any atom is -0.490 e. The number of benzene rings is 1. The molecular weight excluding hydrogens is 360 g/mol. The average molecular weight is 386 g/mol. The molecule has 0 bridgehead atoms. The molecule has 1 saturated carbocycles. The van der Waals surface area contributed by atoms with Gasteiger partial charge in [0.2, 0.25) is 11.8 Å². The van der Waals surface area contributed by atoms with Crippen LogP contribution in [-0.2, 0) is 19.1 Å². The third-order valence-corrected chi connectivity index (χ3v) is 6.50. The summed E-state index contributed by atoms with van der Waals surface area (Å²) in [5.74, 6) is 0.571. The van der Waals surface area contributed by atoms with Gasteiger partial charge in [-0.3, -0.25) is 14.9 Å². The highest BCUT2D eigenvalue weighted by atomic mass is 16.7. The second-order valence-electron chi connectivity index (χ2n) is 8.12. The smallest absolute Gasteiger partial charge is 0.249 e. The molecule has 0 radical (unpaired) electrons. The fourth-order valence-electron chi connectivity index (χ4n) is 4.99. The standard InChI is InChI=1S/C21H26N2O5/c24-19-4-3-17(20(25)22-19)23-9-10-26-18-13-15(1-2-16(18)23)14-5-7-21(8-6-14)27-11-12-28-21/h1-2,13-14,17H,3-12H2,(H,22,24,25). The molecule has 5 rings (SSSR count). The Labute approximate surface area is 164 Å². The Hall–Kier alpha value is -2.12. The Bertz CT molecular complexity index is 779. The molecule has 4 aliphatic rings. The molecule has 1 aromatic carbocycles. The predicted octanol–water partition coefficient (Wildman–Crippen LogP) is 2.09. The summed E-state index contributed by atoms with van der Waals surface area (Å²) in [6.07, 6.45) is 4.87. The molecular formula is C21H26N2O5. The zero-order chi connectivity index (χ0) is 19.1. The van der Waals surface area contributed by atoms with E-state index in [-0.39, 0.29) is 23.6 Å². The number of carbonyl (C=O) groups is 2. The van der Waals surface area contributed by atoms with Crippen LogP contribution in [0.15, 0.2) is 18.2 Å². The summed E-state index contributed by atoms with van der Waals surface area (Å²) >= 11 is 0. The molecule has 1 spiro atoms. The number of piperidine rings is 1. The van der Waals surface area contributed by atoms with Crippen molar-refractivity contribution in [1.82, 2.24) is 5.32 Å². The van der Waals surface area contributed by atoms with Gasteiger partial charge in [0, 0.05) is 19.3 Å². The average Bonchev–Trinajstić information content (AvgIpc) is 3.16.